The highest BCUT2D eigenvalue weighted by Gasteiger charge is 2.06. The van der Waals surface area contributed by atoms with Crippen molar-refractivity contribution in [1.82, 2.24) is 0 Å². The molecule has 30 heavy (non-hydrogen) atoms. The molecule has 0 saturated carbocycles. The predicted octanol–water partition coefficient (Wildman–Crippen LogP) is 5.30. The molecule has 5 heteroatoms. The van der Waals surface area contributed by atoms with Crippen LogP contribution in [0.15, 0.2) is 60.9 Å². The Morgan fingerprint density at radius 2 is 1.23 bits per heavy atom. The Morgan fingerprint density at radius 3 is 1.80 bits per heavy atom. The van der Waals surface area contributed by atoms with Crippen molar-refractivity contribution in [3.8, 4) is 11.5 Å². The molecule has 0 saturated heterocycles. The van der Waals surface area contributed by atoms with Crippen LogP contribution in [0.25, 0.3) is 0 Å². The van der Waals surface area contributed by atoms with Crippen LogP contribution in [0, 0.1) is 0 Å². The lowest BCUT2D eigenvalue weighted by Gasteiger charge is -2.10. The van der Waals surface area contributed by atoms with E-state index in [4.69, 9.17) is 9.47 Å². The fraction of sp³-hybridized carbons (Fsp3) is 0.400. The molecule has 0 aliphatic rings. The van der Waals surface area contributed by atoms with Crippen LogP contribution in [0.1, 0.15) is 49.7 Å². The smallest absolute Gasteiger partial charge is 0.306 e. The minimum absolute atomic E-state index is 0.216. The van der Waals surface area contributed by atoms with Gasteiger partial charge in [0.25, 0.3) is 0 Å². The zero-order valence-electron chi connectivity index (χ0n) is 17.5. The highest BCUT2D eigenvalue weighted by atomic mass is 16.5. The highest BCUT2D eigenvalue weighted by Crippen LogP contribution is 2.19. The molecule has 0 aliphatic heterocycles. The Bertz CT molecular complexity index is 732. The number of unbranched alkanes of at least 4 members (excludes halogenated alkanes) is 3. The number of para-hydroxylation sites is 2. The zero-order chi connectivity index (χ0) is 21.6. The molecule has 5 nitrogen and oxygen atoms in total. The van der Waals surface area contributed by atoms with Gasteiger partial charge in [-0.05, 0) is 61.8 Å². The number of phenols is 2. The van der Waals surface area contributed by atoms with Crippen LogP contribution < -0.4 is 0 Å². The van der Waals surface area contributed by atoms with Crippen molar-refractivity contribution in [3.05, 3.63) is 72.0 Å². The van der Waals surface area contributed by atoms with E-state index in [0.29, 0.717) is 38.2 Å². The van der Waals surface area contributed by atoms with E-state index < -0.39 is 0 Å². The Labute approximate surface area is 179 Å². The van der Waals surface area contributed by atoms with Crippen molar-refractivity contribution >= 4 is 5.97 Å². The number of carbonyl (C=O) groups excluding carboxylic acids is 1. The second-order valence-electron chi connectivity index (χ2n) is 7.28. The number of rotatable bonds is 14. The summed E-state index contributed by atoms with van der Waals surface area (Å²) in [5.74, 6) is 1.02. The van der Waals surface area contributed by atoms with Crippen LogP contribution in [0.3, 0.4) is 0 Å². The zero-order valence-corrected chi connectivity index (χ0v) is 17.5. The first-order valence-corrected chi connectivity index (χ1v) is 10.6. The van der Waals surface area contributed by atoms with Crippen molar-refractivity contribution in [1.29, 1.82) is 0 Å². The molecule has 0 radical (unpaired) electrons. The van der Waals surface area contributed by atoms with Crippen LogP contribution in [0.2, 0.25) is 0 Å². The standard InChI is InChI=1S/C25H32O5/c1-20(14-15-21-10-4-6-12-23(21)26)29-18-8-2-3-9-19-30-25(28)17-16-22-11-5-7-13-24(22)27/h4-7,10-13,26-27H,1-3,8-9,14-19H2. The van der Waals surface area contributed by atoms with E-state index in [1.54, 1.807) is 18.2 Å². The summed E-state index contributed by atoms with van der Waals surface area (Å²) in [4.78, 5) is 11.8. The summed E-state index contributed by atoms with van der Waals surface area (Å²) < 4.78 is 10.9. The average Bonchev–Trinajstić information content (AvgIpc) is 2.74. The number of benzene rings is 2. The van der Waals surface area contributed by atoms with Gasteiger partial charge in [0.05, 0.1) is 19.0 Å². The Kier molecular flexibility index (Phi) is 10.3. The lowest BCUT2D eigenvalue weighted by Crippen LogP contribution is -2.07. The fourth-order valence-corrected chi connectivity index (χ4v) is 3.06. The summed E-state index contributed by atoms with van der Waals surface area (Å²) in [6.45, 7) is 4.98. The molecule has 0 bridgehead atoms. The first-order chi connectivity index (χ1) is 14.6. The van der Waals surface area contributed by atoms with Gasteiger partial charge in [-0.3, -0.25) is 4.79 Å². The van der Waals surface area contributed by atoms with E-state index in [1.165, 1.54) is 0 Å². The van der Waals surface area contributed by atoms with Crippen LogP contribution in [0.4, 0.5) is 0 Å². The Morgan fingerprint density at radius 1 is 0.733 bits per heavy atom. The molecule has 2 rings (SSSR count). The Balaban J connectivity index is 1.43. The maximum Gasteiger partial charge on any atom is 0.306 e. The van der Waals surface area contributed by atoms with Crippen LogP contribution >= 0.6 is 0 Å². The van der Waals surface area contributed by atoms with Crippen molar-refractivity contribution < 1.29 is 24.5 Å². The molecule has 0 aliphatic carbocycles. The summed E-state index contributed by atoms with van der Waals surface area (Å²) in [5, 5.41) is 19.4. The lowest BCUT2D eigenvalue weighted by atomic mass is 10.1. The number of ether oxygens (including phenoxy) is 2. The Hall–Kier alpha value is -2.95. The number of phenolic OH excluding ortho intramolecular Hbond substituents is 2. The number of esters is 1. The third-order valence-electron chi connectivity index (χ3n) is 4.86. The highest BCUT2D eigenvalue weighted by molar-refractivity contribution is 5.69. The van der Waals surface area contributed by atoms with Gasteiger partial charge >= 0.3 is 5.97 Å². The van der Waals surface area contributed by atoms with Gasteiger partial charge in [0, 0.05) is 12.8 Å². The first kappa shape index (κ1) is 23.3. The van der Waals surface area contributed by atoms with Crippen molar-refractivity contribution in [2.45, 2.75) is 51.4 Å². The van der Waals surface area contributed by atoms with Gasteiger partial charge < -0.3 is 19.7 Å². The summed E-state index contributed by atoms with van der Waals surface area (Å²) in [5.41, 5.74) is 1.66. The average molecular weight is 413 g/mol. The van der Waals surface area contributed by atoms with Gasteiger partial charge in [-0.25, -0.2) is 0 Å². The maximum atomic E-state index is 11.8. The molecule has 2 aromatic rings. The largest absolute Gasteiger partial charge is 0.508 e. The van der Waals surface area contributed by atoms with Gasteiger partial charge in [-0.15, -0.1) is 0 Å². The van der Waals surface area contributed by atoms with Crippen molar-refractivity contribution in [2.75, 3.05) is 13.2 Å². The number of aromatic hydroxyl groups is 2. The van der Waals surface area contributed by atoms with Crippen LogP contribution in [-0.4, -0.2) is 29.4 Å². The molecule has 2 aromatic carbocycles. The minimum atomic E-state index is -0.234. The summed E-state index contributed by atoms with van der Waals surface area (Å²) in [6, 6.07) is 14.3. The quantitative estimate of drug-likeness (QED) is 0.250. The third-order valence-corrected chi connectivity index (χ3v) is 4.86. The number of carbonyl (C=O) groups is 1. The molecule has 2 N–H and O–H groups in total. The molecule has 0 spiro atoms. The fourth-order valence-electron chi connectivity index (χ4n) is 3.06. The molecule has 0 heterocycles. The predicted molar refractivity (Wildman–Crippen MR) is 117 cm³/mol. The number of allylic oxidation sites excluding steroid dienone is 1. The molecular formula is C25H32O5. The number of aryl methyl sites for hydroxylation is 2. The number of hydrogen-bond donors (Lipinski definition) is 2. The normalized spacial score (nSPS) is 10.5. The lowest BCUT2D eigenvalue weighted by molar-refractivity contribution is -0.143. The van der Waals surface area contributed by atoms with Gasteiger partial charge in [0.2, 0.25) is 0 Å². The summed E-state index contributed by atoms with van der Waals surface area (Å²) in [7, 11) is 0. The van der Waals surface area contributed by atoms with E-state index >= 15 is 0 Å². The molecule has 0 amide bonds. The van der Waals surface area contributed by atoms with Crippen molar-refractivity contribution in [2.24, 2.45) is 0 Å². The van der Waals surface area contributed by atoms with E-state index in [1.807, 2.05) is 30.3 Å². The van der Waals surface area contributed by atoms with E-state index in [9.17, 15) is 15.0 Å². The molecule has 162 valence electrons. The van der Waals surface area contributed by atoms with Gasteiger partial charge in [0.15, 0.2) is 0 Å². The molecular weight excluding hydrogens is 380 g/mol. The topological polar surface area (TPSA) is 76.0 Å². The van der Waals surface area contributed by atoms with Crippen LogP contribution in [-0.2, 0) is 27.1 Å². The second-order valence-corrected chi connectivity index (χ2v) is 7.28. The van der Waals surface area contributed by atoms with Crippen LogP contribution in [0.5, 0.6) is 11.5 Å². The van der Waals surface area contributed by atoms with Gasteiger partial charge in [0.1, 0.15) is 11.5 Å². The van der Waals surface area contributed by atoms with Gasteiger partial charge in [-0.2, -0.15) is 0 Å². The molecule has 0 unspecified atom stereocenters. The SMILES string of the molecule is C=C(CCc1ccccc1O)OCCCCCCOC(=O)CCc1ccccc1O. The van der Waals surface area contributed by atoms with E-state index in [0.717, 1.165) is 42.6 Å². The summed E-state index contributed by atoms with van der Waals surface area (Å²) in [6.07, 6.45) is 5.88. The number of hydrogen-bond acceptors (Lipinski definition) is 5. The minimum Gasteiger partial charge on any atom is -0.508 e. The van der Waals surface area contributed by atoms with Crippen molar-refractivity contribution in [3.63, 3.8) is 0 Å². The molecule has 0 aromatic heterocycles. The van der Waals surface area contributed by atoms with E-state index in [2.05, 4.69) is 6.58 Å². The maximum absolute atomic E-state index is 11.8. The monoisotopic (exact) mass is 412 g/mol. The summed E-state index contributed by atoms with van der Waals surface area (Å²) >= 11 is 0. The second kappa shape index (κ2) is 13.3. The van der Waals surface area contributed by atoms with Gasteiger partial charge in [-0.1, -0.05) is 43.0 Å². The molecule has 0 fully saturated rings. The molecule has 0 atom stereocenters. The van der Waals surface area contributed by atoms with E-state index in [-0.39, 0.29) is 18.1 Å². The third kappa shape index (κ3) is 9.03. The first-order valence-electron chi connectivity index (χ1n) is 10.6.